The third-order valence-electron chi connectivity index (χ3n) is 2.82. The number of amides is 1. The van der Waals surface area contributed by atoms with Gasteiger partial charge in [-0.05, 0) is 38.9 Å². The van der Waals surface area contributed by atoms with Crippen molar-refractivity contribution >= 4 is 5.91 Å². The number of hydrogen-bond acceptors (Lipinski definition) is 4. The van der Waals surface area contributed by atoms with Crippen molar-refractivity contribution in [3.8, 4) is 0 Å². The Balaban J connectivity index is 2.60. The van der Waals surface area contributed by atoms with Crippen molar-refractivity contribution in [3.63, 3.8) is 0 Å². The van der Waals surface area contributed by atoms with Crippen molar-refractivity contribution in [1.29, 1.82) is 0 Å². The molecule has 18 heavy (non-hydrogen) atoms. The summed E-state index contributed by atoms with van der Waals surface area (Å²) in [5.41, 5.74) is 2.89. The first-order valence-corrected chi connectivity index (χ1v) is 6.22. The first-order valence-electron chi connectivity index (χ1n) is 6.22. The van der Waals surface area contributed by atoms with Crippen LogP contribution in [0.4, 0.5) is 0 Å². The van der Waals surface area contributed by atoms with Gasteiger partial charge in [0.1, 0.15) is 5.76 Å². The summed E-state index contributed by atoms with van der Waals surface area (Å²) in [4.78, 5) is 13.6. The molecule has 1 heterocycles. The molecular formula is C13H23N3O2. The van der Waals surface area contributed by atoms with Gasteiger partial charge in [-0.2, -0.15) is 0 Å². The van der Waals surface area contributed by atoms with Gasteiger partial charge in [-0.1, -0.05) is 13.8 Å². The third-order valence-corrected chi connectivity index (χ3v) is 2.82. The minimum absolute atomic E-state index is 0.296. The zero-order valence-electron chi connectivity index (χ0n) is 11.6. The van der Waals surface area contributed by atoms with E-state index in [-0.39, 0.29) is 5.91 Å². The second-order valence-corrected chi connectivity index (χ2v) is 5.12. The van der Waals surface area contributed by atoms with Crippen LogP contribution >= 0.6 is 0 Å². The van der Waals surface area contributed by atoms with Crippen LogP contribution in [-0.4, -0.2) is 24.4 Å². The Labute approximate surface area is 108 Å². The van der Waals surface area contributed by atoms with E-state index >= 15 is 0 Å². The molecular weight excluding hydrogens is 230 g/mol. The topological polar surface area (TPSA) is 71.5 Å². The van der Waals surface area contributed by atoms with Crippen LogP contribution < -0.4 is 11.3 Å². The average Bonchev–Trinajstić information content (AvgIpc) is 2.66. The Morgan fingerprint density at radius 1 is 1.56 bits per heavy atom. The molecule has 0 aliphatic carbocycles. The molecule has 0 unspecified atom stereocenters. The molecule has 0 saturated carbocycles. The maximum absolute atomic E-state index is 11.4. The number of nitrogens with zero attached hydrogens (tertiary/aromatic N) is 1. The van der Waals surface area contributed by atoms with Crippen LogP contribution in [0.25, 0.3) is 0 Å². The van der Waals surface area contributed by atoms with E-state index in [0.29, 0.717) is 18.2 Å². The molecule has 0 atom stereocenters. The fourth-order valence-corrected chi connectivity index (χ4v) is 1.74. The molecule has 5 nitrogen and oxygen atoms in total. The van der Waals surface area contributed by atoms with Gasteiger partial charge < -0.3 is 4.42 Å². The van der Waals surface area contributed by atoms with Crippen molar-refractivity contribution in [2.24, 2.45) is 11.8 Å². The van der Waals surface area contributed by atoms with Crippen molar-refractivity contribution in [3.05, 3.63) is 23.2 Å². The summed E-state index contributed by atoms with van der Waals surface area (Å²) in [6, 6.07) is 1.89. The Morgan fingerprint density at radius 3 is 2.78 bits per heavy atom. The number of rotatable bonds is 6. The minimum atomic E-state index is -0.386. The zero-order valence-corrected chi connectivity index (χ0v) is 11.6. The number of nitrogens with two attached hydrogens (primary N) is 1. The van der Waals surface area contributed by atoms with Crippen LogP contribution in [0, 0.1) is 12.8 Å². The van der Waals surface area contributed by atoms with Crippen LogP contribution in [-0.2, 0) is 6.54 Å². The Bertz CT molecular complexity index is 399. The maximum Gasteiger partial charge on any atom is 0.301 e. The lowest BCUT2D eigenvalue weighted by atomic mass is 10.1. The molecule has 3 N–H and O–H groups in total. The molecule has 102 valence electrons. The van der Waals surface area contributed by atoms with Crippen LogP contribution in [0.15, 0.2) is 10.5 Å². The smallest absolute Gasteiger partial charge is 0.301 e. The highest BCUT2D eigenvalue weighted by atomic mass is 16.4. The summed E-state index contributed by atoms with van der Waals surface area (Å²) in [6.45, 7) is 7.95. The number of hydrogen-bond donors (Lipinski definition) is 2. The zero-order chi connectivity index (χ0) is 13.7. The number of furan rings is 1. The second-order valence-electron chi connectivity index (χ2n) is 5.12. The number of carbonyl (C=O) groups excluding carboxylic acids is 1. The predicted molar refractivity (Wildman–Crippen MR) is 70.9 cm³/mol. The average molecular weight is 253 g/mol. The molecule has 1 aromatic rings. The lowest BCUT2D eigenvalue weighted by Gasteiger charge is -2.16. The normalized spacial score (nSPS) is 11.3. The van der Waals surface area contributed by atoms with Crippen molar-refractivity contribution < 1.29 is 9.21 Å². The Kier molecular flexibility index (Phi) is 5.37. The number of carbonyl (C=O) groups is 1. The van der Waals surface area contributed by atoms with Crippen molar-refractivity contribution in [2.45, 2.75) is 33.7 Å². The van der Waals surface area contributed by atoms with Crippen LogP contribution in [0.5, 0.6) is 0 Å². The predicted octanol–water partition coefficient (Wildman–Crippen LogP) is 1.67. The van der Waals surface area contributed by atoms with E-state index in [1.807, 2.05) is 20.0 Å². The molecule has 1 rings (SSSR count). The maximum atomic E-state index is 11.4. The molecule has 0 aliphatic rings. The van der Waals surface area contributed by atoms with E-state index in [2.05, 4.69) is 24.2 Å². The van der Waals surface area contributed by atoms with Gasteiger partial charge in [0.2, 0.25) is 0 Å². The quantitative estimate of drug-likeness (QED) is 0.459. The highest BCUT2D eigenvalue weighted by Gasteiger charge is 2.15. The Hall–Kier alpha value is -1.33. The summed E-state index contributed by atoms with van der Waals surface area (Å²) >= 11 is 0. The summed E-state index contributed by atoms with van der Waals surface area (Å²) < 4.78 is 5.51. The molecule has 0 bridgehead atoms. The number of aryl methyl sites for hydroxylation is 1. The molecule has 5 heteroatoms. The van der Waals surface area contributed by atoms with Gasteiger partial charge in [0.05, 0.1) is 6.54 Å². The molecule has 0 spiro atoms. The number of nitrogens with one attached hydrogen (secondary N) is 1. The summed E-state index contributed by atoms with van der Waals surface area (Å²) in [7, 11) is 2.04. The molecule has 0 aliphatic heterocycles. The SMILES string of the molecule is Cc1cc(CN(C)CCC(C)C)oc1C(=O)NN. The van der Waals surface area contributed by atoms with Crippen molar-refractivity contribution in [1.82, 2.24) is 10.3 Å². The fourth-order valence-electron chi connectivity index (χ4n) is 1.74. The highest BCUT2D eigenvalue weighted by molar-refractivity contribution is 5.92. The minimum Gasteiger partial charge on any atom is -0.454 e. The van der Waals surface area contributed by atoms with Crippen LogP contribution in [0.2, 0.25) is 0 Å². The van der Waals surface area contributed by atoms with E-state index in [0.717, 1.165) is 24.3 Å². The molecule has 1 aromatic heterocycles. The lowest BCUT2D eigenvalue weighted by Crippen LogP contribution is -2.30. The van der Waals surface area contributed by atoms with E-state index in [9.17, 15) is 4.79 Å². The Morgan fingerprint density at radius 2 is 2.22 bits per heavy atom. The van der Waals surface area contributed by atoms with E-state index in [1.54, 1.807) is 0 Å². The first-order chi connectivity index (χ1) is 8.43. The molecule has 0 saturated heterocycles. The van der Waals surface area contributed by atoms with Gasteiger partial charge in [0, 0.05) is 5.56 Å². The van der Waals surface area contributed by atoms with Gasteiger partial charge >= 0.3 is 5.91 Å². The van der Waals surface area contributed by atoms with Gasteiger partial charge in [-0.15, -0.1) is 0 Å². The van der Waals surface area contributed by atoms with Gasteiger partial charge in [-0.25, -0.2) is 5.84 Å². The molecule has 0 aromatic carbocycles. The third kappa shape index (κ3) is 4.16. The van der Waals surface area contributed by atoms with E-state index < -0.39 is 0 Å². The van der Waals surface area contributed by atoms with E-state index in [4.69, 9.17) is 10.3 Å². The standard InChI is InChI=1S/C13H23N3O2/c1-9(2)5-6-16(4)8-11-7-10(3)12(18-11)13(17)15-14/h7,9H,5-6,8,14H2,1-4H3,(H,15,17). The summed E-state index contributed by atoms with van der Waals surface area (Å²) in [6.07, 6.45) is 1.15. The van der Waals surface area contributed by atoms with Gasteiger partial charge in [0.25, 0.3) is 0 Å². The number of nitrogen functional groups attached to an aromatic ring is 1. The van der Waals surface area contributed by atoms with Crippen LogP contribution in [0.3, 0.4) is 0 Å². The molecule has 1 amide bonds. The number of hydrazine groups is 1. The highest BCUT2D eigenvalue weighted by Crippen LogP contribution is 2.16. The molecule has 0 fully saturated rings. The monoisotopic (exact) mass is 253 g/mol. The second kappa shape index (κ2) is 6.56. The summed E-state index contributed by atoms with van der Waals surface area (Å²) in [5.74, 6) is 6.48. The largest absolute Gasteiger partial charge is 0.454 e. The molecule has 0 radical (unpaired) electrons. The summed E-state index contributed by atoms with van der Waals surface area (Å²) in [5, 5.41) is 0. The fraction of sp³-hybridized carbons (Fsp3) is 0.615. The van der Waals surface area contributed by atoms with Gasteiger partial charge in [-0.3, -0.25) is 15.1 Å². The van der Waals surface area contributed by atoms with Crippen molar-refractivity contribution in [2.75, 3.05) is 13.6 Å². The van der Waals surface area contributed by atoms with Crippen LogP contribution in [0.1, 0.15) is 42.1 Å². The van der Waals surface area contributed by atoms with Gasteiger partial charge in [0.15, 0.2) is 5.76 Å². The first kappa shape index (κ1) is 14.7. The lowest BCUT2D eigenvalue weighted by molar-refractivity contribution is 0.0921. The van der Waals surface area contributed by atoms with E-state index in [1.165, 1.54) is 0 Å².